The van der Waals surface area contributed by atoms with Gasteiger partial charge in [-0.1, -0.05) is 25.3 Å². The van der Waals surface area contributed by atoms with Gasteiger partial charge in [0.05, 0.1) is 6.42 Å². The molecule has 1 aliphatic rings. The van der Waals surface area contributed by atoms with Crippen LogP contribution in [0.5, 0.6) is 0 Å². The molecule has 0 unspecified atom stereocenters. The van der Waals surface area contributed by atoms with E-state index in [0.717, 1.165) is 31.7 Å². The second-order valence-corrected chi connectivity index (χ2v) is 5.89. The molecule has 18 heavy (non-hydrogen) atoms. The number of rotatable bonds is 7. The van der Waals surface area contributed by atoms with Crippen molar-refractivity contribution in [1.29, 1.82) is 0 Å². The molecular formula is C12H23F3N2S. The standard InChI is InChI=1S/C12H23F3N2S/c1-2-3-10-18-17-8-4-11(5-9-17)16-7-6-12(13,14)15/h11,16H,2-10H2,1H3. The largest absolute Gasteiger partial charge is 0.390 e. The fraction of sp³-hybridized carbons (Fsp3) is 1.00. The molecule has 1 aliphatic heterocycles. The van der Waals surface area contributed by atoms with Crippen LogP contribution in [0.3, 0.4) is 0 Å². The van der Waals surface area contributed by atoms with E-state index in [4.69, 9.17) is 0 Å². The summed E-state index contributed by atoms with van der Waals surface area (Å²) in [4.78, 5) is 0. The molecular weight excluding hydrogens is 261 g/mol. The number of halogens is 3. The molecule has 0 bridgehead atoms. The summed E-state index contributed by atoms with van der Waals surface area (Å²) in [6.07, 6.45) is -0.410. The maximum absolute atomic E-state index is 12.0. The van der Waals surface area contributed by atoms with E-state index in [-0.39, 0.29) is 12.6 Å². The van der Waals surface area contributed by atoms with Crippen LogP contribution in [0.4, 0.5) is 13.2 Å². The first-order valence-electron chi connectivity index (χ1n) is 6.69. The maximum atomic E-state index is 12.0. The Morgan fingerprint density at radius 1 is 1.28 bits per heavy atom. The van der Waals surface area contributed by atoms with Crippen LogP contribution >= 0.6 is 11.9 Å². The molecule has 0 aromatic rings. The molecule has 1 saturated heterocycles. The Morgan fingerprint density at radius 3 is 2.50 bits per heavy atom. The molecule has 6 heteroatoms. The van der Waals surface area contributed by atoms with Gasteiger partial charge in [-0.05, 0) is 19.3 Å². The SMILES string of the molecule is CCCCSN1CCC(NCCC(F)(F)F)CC1. The Bertz CT molecular complexity index is 216. The molecule has 0 aromatic carbocycles. The quantitative estimate of drug-likeness (QED) is 0.569. The Hall–Kier alpha value is 0.0600. The first-order valence-corrected chi connectivity index (χ1v) is 7.63. The molecule has 1 heterocycles. The summed E-state index contributed by atoms with van der Waals surface area (Å²) in [6, 6.07) is 0.260. The van der Waals surface area contributed by atoms with Gasteiger partial charge in [-0.25, -0.2) is 0 Å². The lowest BCUT2D eigenvalue weighted by Gasteiger charge is -2.31. The lowest BCUT2D eigenvalue weighted by molar-refractivity contribution is -0.133. The van der Waals surface area contributed by atoms with E-state index in [1.54, 1.807) is 0 Å². The fourth-order valence-corrected chi connectivity index (χ4v) is 3.09. The van der Waals surface area contributed by atoms with E-state index in [2.05, 4.69) is 16.5 Å². The number of piperidine rings is 1. The average Bonchev–Trinajstić information content (AvgIpc) is 2.30. The summed E-state index contributed by atoms with van der Waals surface area (Å²) in [7, 11) is 0. The number of nitrogens with zero attached hydrogens (tertiary/aromatic N) is 1. The third-order valence-electron chi connectivity index (χ3n) is 3.07. The van der Waals surface area contributed by atoms with Crippen molar-refractivity contribution in [2.24, 2.45) is 0 Å². The number of hydrogen-bond acceptors (Lipinski definition) is 3. The van der Waals surface area contributed by atoms with Crippen molar-refractivity contribution in [2.45, 2.75) is 51.2 Å². The summed E-state index contributed by atoms with van der Waals surface area (Å²) in [5.74, 6) is 1.16. The third-order valence-corrected chi connectivity index (χ3v) is 4.27. The van der Waals surface area contributed by atoms with Crippen molar-refractivity contribution in [3.05, 3.63) is 0 Å². The predicted molar refractivity (Wildman–Crippen MR) is 70.6 cm³/mol. The summed E-state index contributed by atoms with van der Waals surface area (Å²) >= 11 is 1.88. The topological polar surface area (TPSA) is 15.3 Å². The number of alkyl halides is 3. The summed E-state index contributed by atoms with van der Waals surface area (Å²) < 4.78 is 38.3. The van der Waals surface area contributed by atoms with Gasteiger partial charge in [0.1, 0.15) is 0 Å². The molecule has 0 radical (unpaired) electrons. The minimum atomic E-state index is -4.04. The first kappa shape index (κ1) is 16.1. The second kappa shape index (κ2) is 8.27. The van der Waals surface area contributed by atoms with Crippen molar-refractivity contribution in [1.82, 2.24) is 9.62 Å². The van der Waals surface area contributed by atoms with Gasteiger partial charge in [-0.15, -0.1) is 0 Å². The normalized spacial score (nSPS) is 19.3. The molecule has 0 amide bonds. The molecule has 2 nitrogen and oxygen atoms in total. The first-order chi connectivity index (χ1) is 8.51. The Balaban J connectivity index is 2.04. The Morgan fingerprint density at radius 2 is 1.94 bits per heavy atom. The molecule has 0 aromatic heterocycles. The van der Waals surface area contributed by atoms with Gasteiger partial charge < -0.3 is 5.32 Å². The summed E-state index contributed by atoms with van der Waals surface area (Å²) in [5, 5.41) is 3.01. The van der Waals surface area contributed by atoms with E-state index in [1.165, 1.54) is 12.8 Å². The zero-order valence-electron chi connectivity index (χ0n) is 10.9. The highest BCUT2D eigenvalue weighted by atomic mass is 32.2. The van der Waals surface area contributed by atoms with Crippen molar-refractivity contribution in [3.63, 3.8) is 0 Å². The van der Waals surface area contributed by atoms with Gasteiger partial charge in [0, 0.05) is 31.4 Å². The number of unbranched alkanes of at least 4 members (excludes halogenated alkanes) is 1. The van der Waals surface area contributed by atoms with E-state index in [9.17, 15) is 13.2 Å². The second-order valence-electron chi connectivity index (χ2n) is 4.71. The summed E-state index contributed by atoms with van der Waals surface area (Å²) in [5.41, 5.74) is 0. The van der Waals surface area contributed by atoms with Gasteiger partial charge in [0.2, 0.25) is 0 Å². The maximum Gasteiger partial charge on any atom is 0.390 e. The molecule has 1 N–H and O–H groups in total. The van der Waals surface area contributed by atoms with Crippen LogP contribution in [0.15, 0.2) is 0 Å². The van der Waals surface area contributed by atoms with Crippen LogP contribution in [0.25, 0.3) is 0 Å². The van der Waals surface area contributed by atoms with Crippen LogP contribution in [-0.2, 0) is 0 Å². The van der Waals surface area contributed by atoms with E-state index in [1.807, 2.05) is 11.9 Å². The highest BCUT2D eigenvalue weighted by Gasteiger charge is 2.27. The Kier molecular flexibility index (Phi) is 7.41. The highest BCUT2D eigenvalue weighted by Crippen LogP contribution is 2.21. The zero-order valence-corrected chi connectivity index (χ0v) is 11.7. The summed E-state index contributed by atoms with van der Waals surface area (Å²) in [6.45, 7) is 4.20. The van der Waals surface area contributed by atoms with Crippen LogP contribution in [0, 0.1) is 0 Å². The molecule has 1 rings (SSSR count). The van der Waals surface area contributed by atoms with E-state index >= 15 is 0 Å². The van der Waals surface area contributed by atoms with E-state index < -0.39 is 12.6 Å². The van der Waals surface area contributed by atoms with Crippen molar-refractivity contribution in [3.8, 4) is 0 Å². The molecule has 0 saturated carbocycles. The van der Waals surface area contributed by atoms with Crippen LogP contribution in [0.1, 0.15) is 39.0 Å². The van der Waals surface area contributed by atoms with Gasteiger partial charge in [-0.2, -0.15) is 13.2 Å². The number of hydrogen-bond donors (Lipinski definition) is 1. The van der Waals surface area contributed by atoms with Crippen molar-refractivity contribution >= 4 is 11.9 Å². The molecule has 0 spiro atoms. The zero-order chi connectivity index (χ0) is 13.4. The van der Waals surface area contributed by atoms with Gasteiger partial charge >= 0.3 is 6.18 Å². The monoisotopic (exact) mass is 284 g/mol. The van der Waals surface area contributed by atoms with Gasteiger partial charge in [0.25, 0.3) is 0 Å². The van der Waals surface area contributed by atoms with Crippen molar-refractivity contribution < 1.29 is 13.2 Å². The van der Waals surface area contributed by atoms with E-state index in [0.29, 0.717) is 0 Å². The van der Waals surface area contributed by atoms with Crippen LogP contribution in [-0.4, -0.2) is 41.9 Å². The minimum absolute atomic E-state index is 0.0527. The molecule has 108 valence electrons. The predicted octanol–water partition coefficient (Wildman–Crippen LogP) is 3.44. The lowest BCUT2D eigenvalue weighted by atomic mass is 10.1. The van der Waals surface area contributed by atoms with Gasteiger partial charge in [-0.3, -0.25) is 4.31 Å². The molecule has 1 fully saturated rings. The molecule has 0 atom stereocenters. The average molecular weight is 284 g/mol. The third kappa shape index (κ3) is 7.48. The van der Waals surface area contributed by atoms with Crippen molar-refractivity contribution in [2.75, 3.05) is 25.4 Å². The Labute approximate surface area is 112 Å². The number of nitrogens with one attached hydrogen (secondary N) is 1. The van der Waals surface area contributed by atoms with Crippen LogP contribution < -0.4 is 5.32 Å². The highest BCUT2D eigenvalue weighted by molar-refractivity contribution is 7.97. The minimum Gasteiger partial charge on any atom is -0.314 e. The molecule has 0 aliphatic carbocycles. The lowest BCUT2D eigenvalue weighted by Crippen LogP contribution is -2.41. The smallest absolute Gasteiger partial charge is 0.314 e. The van der Waals surface area contributed by atoms with Crippen LogP contribution in [0.2, 0.25) is 0 Å². The fourth-order valence-electron chi connectivity index (χ4n) is 1.95. The van der Waals surface area contributed by atoms with Gasteiger partial charge in [0.15, 0.2) is 0 Å².